The Labute approximate surface area is 309 Å². The summed E-state index contributed by atoms with van der Waals surface area (Å²) < 4.78 is 81.4. The summed E-state index contributed by atoms with van der Waals surface area (Å²) in [6.45, 7) is -2.23. The van der Waals surface area contributed by atoms with Gasteiger partial charge in [0.05, 0.1) is 26.6 Å². The van der Waals surface area contributed by atoms with Gasteiger partial charge >= 0.3 is 28.7 Å². The summed E-state index contributed by atoms with van der Waals surface area (Å²) in [5.41, 5.74) is 9.22. The molecule has 310 valence electrons. The molecule has 30 nitrogen and oxygen atoms in total. The van der Waals surface area contributed by atoms with Crippen LogP contribution in [0.3, 0.4) is 0 Å². The number of nitrogens with one attached hydrogen (secondary N) is 2. The third kappa shape index (κ3) is 8.73. The number of hydrogen-bond donors (Lipinski definition) is 11. The highest BCUT2D eigenvalue weighted by molar-refractivity contribution is 7.75. The van der Waals surface area contributed by atoms with Crippen LogP contribution >= 0.6 is 30.8 Å². The van der Waals surface area contributed by atoms with Gasteiger partial charge in [0.25, 0.3) is 24.9 Å². The zero-order chi connectivity index (χ0) is 41.3. The van der Waals surface area contributed by atoms with Crippen LogP contribution in [0.25, 0.3) is 22.3 Å². The van der Waals surface area contributed by atoms with Crippen LogP contribution < -0.4 is 32.0 Å². The van der Waals surface area contributed by atoms with Gasteiger partial charge in [-0.05, 0) is 0 Å². The standard InChI is InChI=1S/C22H32N10O20P4/c1-30-5-32(16-10(30)18(38)29-22(24)27-16)20-14(36)11(33)7(50-20)2-47-53(39,40)6-54(41,42)51-56(45,46)52-55(43,44)48-3-8-12(34)13(35)19(49-8)31-4-25-9-15(31)26-21(23)28-17(9)37/h4-5,7-8,11-14,19-20,33-36H,2-3,6H2,1H3,(H9-,23,24,26,27,28,29,37,38,39,40,41,42,43,44,45,46)/t7-,8-,11-,12-,13-,14-,19-,20-/m1/s1. The lowest BCUT2D eigenvalue weighted by Crippen LogP contribution is -2.46. The minimum Gasteiger partial charge on any atom is -0.756 e. The molecule has 0 radical (unpaired) electrons. The highest BCUT2D eigenvalue weighted by Gasteiger charge is 2.49. The Bertz CT molecular complexity index is 2470. The second-order valence-electron chi connectivity index (χ2n) is 12.2. The molecule has 0 amide bonds. The molecule has 0 aliphatic carbocycles. The van der Waals surface area contributed by atoms with E-state index in [0.29, 0.717) is 0 Å². The second-order valence-corrected chi connectivity index (χ2v) is 19.5. The maximum Gasteiger partial charge on any atom is 0.478 e. The van der Waals surface area contributed by atoms with Crippen molar-refractivity contribution in [3.8, 4) is 0 Å². The third-order valence-corrected chi connectivity index (χ3v) is 15.4. The van der Waals surface area contributed by atoms with E-state index in [2.05, 4.69) is 38.1 Å². The minimum absolute atomic E-state index is 0.00766. The number of nitrogen functional groups attached to an aromatic ring is 2. The second kappa shape index (κ2) is 15.1. The molecule has 0 aromatic carbocycles. The largest absolute Gasteiger partial charge is 0.756 e. The van der Waals surface area contributed by atoms with E-state index in [1.807, 2.05) is 0 Å². The van der Waals surface area contributed by atoms with Gasteiger partial charge in [-0.25, -0.2) is 22.7 Å². The lowest BCUT2D eigenvalue weighted by molar-refractivity contribution is -0.745. The van der Waals surface area contributed by atoms with Crippen molar-refractivity contribution in [3.63, 3.8) is 0 Å². The number of anilines is 2. The van der Waals surface area contributed by atoms with E-state index in [-0.39, 0.29) is 34.2 Å². The highest BCUT2D eigenvalue weighted by atomic mass is 31.3. The highest BCUT2D eigenvalue weighted by Crippen LogP contribution is 2.69. The van der Waals surface area contributed by atoms with Gasteiger partial charge < -0.3 is 65.5 Å². The first-order chi connectivity index (χ1) is 25.9. The number of phosphoric ester groups is 1. The fourth-order valence-corrected chi connectivity index (χ4v) is 12.1. The van der Waals surface area contributed by atoms with Gasteiger partial charge in [0, 0.05) is 0 Å². The number of aliphatic hydroxyl groups excluding tert-OH is 4. The van der Waals surface area contributed by atoms with E-state index in [4.69, 9.17) is 25.5 Å². The number of aliphatic hydroxyl groups is 4. The SMILES string of the molecule is Cn1c[n+]([C@@H]2O[C@H](COP(=O)(O)CP(=O)(O)OP(=O)([O-])OP(=O)(O)OC[C@H]3O[C@@H](n4cnc5c(=O)[nH]c(N)nc54)[C@H](O)[C@@H]3O)[C@@H](O)[C@H]2O)c2nc(N)[nH]c(=O)c21. The number of H-pyrrole nitrogens is 2. The molecular formula is C22H32N10O20P4. The number of aromatic nitrogens is 8. The molecule has 2 aliphatic rings. The van der Waals surface area contributed by atoms with Crippen LogP contribution in [0.15, 0.2) is 22.2 Å². The van der Waals surface area contributed by atoms with Crippen LogP contribution in [0.4, 0.5) is 11.9 Å². The van der Waals surface area contributed by atoms with Crippen molar-refractivity contribution in [3.05, 3.63) is 33.4 Å². The molecule has 6 rings (SSSR count). The van der Waals surface area contributed by atoms with Crippen molar-refractivity contribution in [2.45, 2.75) is 49.1 Å². The number of ether oxygens (including phenoxy) is 2. The van der Waals surface area contributed by atoms with E-state index in [1.54, 1.807) is 0 Å². The van der Waals surface area contributed by atoms with Crippen molar-refractivity contribution in [2.24, 2.45) is 7.05 Å². The fourth-order valence-electron chi connectivity index (χ4n) is 5.75. The van der Waals surface area contributed by atoms with Gasteiger partial charge in [0.1, 0.15) is 36.6 Å². The van der Waals surface area contributed by atoms with Gasteiger partial charge in [0.2, 0.25) is 17.7 Å². The number of aryl methyl sites for hydroxylation is 1. The van der Waals surface area contributed by atoms with Crippen LogP contribution in [0.1, 0.15) is 12.5 Å². The number of hydrogen-bond acceptors (Lipinski definition) is 22. The molecule has 4 unspecified atom stereocenters. The molecule has 0 saturated carbocycles. The number of rotatable bonds is 14. The molecule has 56 heavy (non-hydrogen) atoms. The van der Waals surface area contributed by atoms with Gasteiger partial charge in [-0.15, -0.1) is 0 Å². The summed E-state index contributed by atoms with van der Waals surface area (Å²) in [6, 6.07) is 0. The molecule has 12 atom stereocenters. The average molecular weight is 880 g/mol. The Balaban J connectivity index is 1.03. The number of fused-ring (bicyclic) bond motifs is 2. The number of nitrogens with zero attached hydrogens (tertiary/aromatic N) is 6. The average Bonchev–Trinajstić information content (AvgIpc) is 3.77. The van der Waals surface area contributed by atoms with Gasteiger partial charge in [-0.2, -0.15) is 4.98 Å². The Kier molecular flexibility index (Phi) is 11.4. The lowest BCUT2D eigenvalue weighted by Gasteiger charge is -2.27. The van der Waals surface area contributed by atoms with Gasteiger partial charge in [-0.1, -0.05) is 4.98 Å². The zero-order valence-electron chi connectivity index (χ0n) is 28.0. The number of imidazole rings is 2. The summed E-state index contributed by atoms with van der Waals surface area (Å²) >= 11 is 0. The van der Waals surface area contributed by atoms with E-state index < -0.39 is 110 Å². The van der Waals surface area contributed by atoms with E-state index >= 15 is 0 Å². The molecule has 0 bridgehead atoms. The van der Waals surface area contributed by atoms with Crippen LogP contribution in [0, 0.1) is 0 Å². The molecule has 13 N–H and O–H groups in total. The van der Waals surface area contributed by atoms with Crippen LogP contribution in [-0.2, 0) is 52.5 Å². The molecule has 34 heteroatoms. The normalized spacial score (nSPS) is 29.9. The lowest BCUT2D eigenvalue weighted by atomic mass is 10.1. The van der Waals surface area contributed by atoms with Crippen molar-refractivity contribution in [1.29, 1.82) is 0 Å². The third-order valence-electron chi connectivity index (χ3n) is 8.09. The smallest absolute Gasteiger partial charge is 0.478 e. The van der Waals surface area contributed by atoms with E-state index in [9.17, 15) is 67.8 Å². The van der Waals surface area contributed by atoms with Crippen LogP contribution in [0.2, 0.25) is 0 Å². The quantitative estimate of drug-likeness (QED) is 0.0417. The van der Waals surface area contributed by atoms with Crippen molar-refractivity contribution >= 4 is 65.1 Å². The predicted octanol–water partition coefficient (Wildman–Crippen LogP) is -4.95. The Morgan fingerprint density at radius 2 is 1.48 bits per heavy atom. The molecule has 4 aromatic rings. The summed E-state index contributed by atoms with van der Waals surface area (Å²) in [5.74, 6) is -2.60. The van der Waals surface area contributed by atoms with Gasteiger partial charge in [0.15, 0.2) is 29.6 Å². The number of nitrogens with two attached hydrogens (primary N) is 2. The zero-order valence-corrected chi connectivity index (χ0v) is 31.5. The summed E-state index contributed by atoms with van der Waals surface area (Å²) in [7, 11) is -21.9. The van der Waals surface area contributed by atoms with Crippen LogP contribution in [-0.4, -0.2) is 125 Å². The first-order valence-corrected chi connectivity index (χ1v) is 21.9. The van der Waals surface area contributed by atoms with E-state index in [1.165, 1.54) is 17.9 Å². The van der Waals surface area contributed by atoms with Crippen molar-refractivity contribution in [2.75, 3.05) is 30.6 Å². The Morgan fingerprint density at radius 3 is 2.18 bits per heavy atom. The molecular weight excluding hydrogens is 848 g/mol. The fraction of sp³-hybridized carbons (Fsp3) is 0.545. The number of phosphoric acid groups is 2. The monoisotopic (exact) mass is 880 g/mol. The summed E-state index contributed by atoms with van der Waals surface area (Å²) in [4.78, 5) is 83.1. The topological polar surface area (TPSA) is 458 Å². The van der Waals surface area contributed by atoms with Crippen molar-refractivity contribution in [1.82, 2.24) is 34.1 Å². The maximum absolute atomic E-state index is 12.7. The first kappa shape index (κ1) is 42.3. The maximum atomic E-state index is 12.7. The van der Waals surface area contributed by atoms with Crippen molar-refractivity contribution < 1.29 is 90.0 Å². The molecule has 0 spiro atoms. The Morgan fingerprint density at radius 1 is 0.875 bits per heavy atom. The Hall–Kier alpha value is -3.34. The van der Waals surface area contributed by atoms with Gasteiger partial charge in [-0.3, -0.25) is 46.9 Å². The molecule has 6 heterocycles. The first-order valence-electron chi connectivity index (χ1n) is 15.4. The summed E-state index contributed by atoms with van der Waals surface area (Å²) in [6.07, 6.45) is -11.3. The molecule has 2 fully saturated rings. The summed E-state index contributed by atoms with van der Waals surface area (Å²) in [5, 5.41) is 42.1. The molecule has 4 aromatic heterocycles. The van der Waals surface area contributed by atoms with Crippen LogP contribution in [0.5, 0.6) is 0 Å². The van der Waals surface area contributed by atoms with E-state index in [0.717, 1.165) is 15.5 Å². The predicted molar refractivity (Wildman–Crippen MR) is 176 cm³/mol. The molecule has 2 saturated heterocycles. The molecule has 2 aliphatic heterocycles. The number of aromatic amines is 2. The minimum atomic E-state index is -6.37.